The normalized spacial score (nSPS) is 21.4. The second-order valence-electron chi connectivity index (χ2n) is 9.77. The van der Waals surface area contributed by atoms with Crippen molar-refractivity contribution in [3.8, 4) is 11.5 Å². The third kappa shape index (κ3) is 3.90. The maximum Gasteiger partial charge on any atom is 0.325 e. The van der Waals surface area contributed by atoms with Crippen molar-refractivity contribution in [2.24, 2.45) is 0 Å². The van der Waals surface area contributed by atoms with Crippen LogP contribution in [0.1, 0.15) is 57.6 Å². The summed E-state index contributed by atoms with van der Waals surface area (Å²) >= 11 is 0. The molecule has 3 aliphatic heterocycles. The topological polar surface area (TPSA) is 106 Å². The molecule has 9 heteroatoms. The second kappa shape index (κ2) is 9.52. The van der Waals surface area contributed by atoms with Gasteiger partial charge in [-0.3, -0.25) is 9.69 Å². The van der Waals surface area contributed by atoms with Gasteiger partial charge in [-0.1, -0.05) is 13.0 Å². The Balaban J connectivity index is 1.71. The van der Waals surface area contributed by atoms with Crippen LogP contribution in [0.4, 0.5) is 4.79 Å². The molecule has 0 unspecified atom stereocenters. The molecule has 9 nitrogen and oxygen atoms in total. The van der Waals surface area contributed by atoms with E-state index in [1.54, 1.807) is 19.1 Å². The minimum Gasteiger partial charge on any atom is -0.512 e. The quantitative estimate of drug-likeness (QED) is 0.361. The van der Waals surface area contributed by atoms with Gasteiger partial charge in [-0.05, 0) is 45.2 Å². The second-order valence-corrected chi connectivity index (χ2v) is 9.77. The number of methoxy groups -OCH3 is 2. The lowest BCUT2D eigenvalue weighted by molar-refractivity contribution is -0.128. The van der Waals surface area contributed by atoms with E-state index in [4.69, 9.17) is 14.9 Å². The lowest BCUT2D eigenvalue weighted by Gasteiger charge is -2.44. The Hall–Kier alpha value is -3.49. The highest BCUT2D eigenvalue weighted by atomic mass is 16.5. The number of likely N-dealkylation sites (tertiary alicyclic amines) is 1. The smallest absolute Gasteiger partial charge is 0.325 e. The summed E-state index contributed by atoms with van der Waals surface area (Å²) in [5.74, 6) is 0.951. The van der Waals surface area contributed by atoms with Crippen molar-refractivity contribution in [3.63, 3.8) is 0 Å². The Labute approximate surface area is 212 Å². The van der Waals surface area contributed by atoms with Gasteiger partial charge in [0.05, 0.1) is 31.9 Å². The zero-order chi connectivity index (χ0) is 26.4. The number of nitrogens with zero attached hydrogens (tertiary/aromatic N) is 3. The van der Waals surface area contributed by atoms with Gasteiger partial charge in [0.2, 0.25) is 0 Å². The van der Waals surface area contributed by atoms with Crippen LogP contribution in [0.5, 0.6) is 11.5 Å². The molecule has 3 amide bonds. The molecular formula is C27H36N4O5. The fraction of sp³-hybridized carbons (Fsp3) is 0.519. The number of amides is 3. The number of nitrogens with one attached hydrogen (secondary N) is 1. The van der Waals surface area contributed by atoms with E-state index < -0.39 is 5.54 Å². The number of rotatable bonds is 5. The highest BCUT2D eigenvalue weighted by Crippen LogP contribution is 2.49. The van der Waals surface area contributed by atoms with E-state index in [1.165, 1.54) is 13.8 Å². The van der Waals surface area contributed by atoms with E-state index in [0.717, 1.165) is 22.6 Å². The van der Waals surface area contributed by atoms with Crippen molar-refractivity contribution in [2.75, 3.05) is 33.9 Å². The van der Waals surface area contributed by atoms with Gasteiger partial charge < -0.3 is 29.8 Å². The number of benzene rings is 1. The van der Waals surface area contributed by atoms with E-state index in [9.17, 15) is 14.7 Å². The molecule has 0 radical (unpaired) electrons. The molecule has 4 rings (SSSR count). The van der Waals surface area contributed by atoms with Crippen molar-refractivity contribution >= 4 is 17.6 Å². The SMILES string of the molecule is CCN1C(=O)N2Cc3cc(OC)cc(OC)c3[C@@H](C)C=C2C12CCN(C(=O)/C(C(C)=N)=C(\C)O)CC2. The van der Waals surface area contributed by atoms with E-state index in [1.807, 2.05) is 28.9 Å². The summed E-state index contributed by atoms with van der Waals surface area (Å²) in [6.45, 7) is 8.87. The maximum atomic E-state index is 13.7. The Morgan fingerprint density at radius 2 is 1.86 bits per heavy atom. The Bertz CT molecular complexity index is 1160. The van der Waals surface area contributed by atoms with Crippen LogP contribution in [0.3, 0.4) is 0 Å². The minimum atomic E-state index is -0.520. The standard InChI is InChI=1S/C27H36N4O5/c1-7-31-26(34)30-15-19-13-20(35-5)14-21(36-6)23(19)16(2)12-22(30)27(31)8-10-29(11-9-27)25(33)24(17(3)28)18(4)32/h12-14,16,28,32H,7-11,15H2,1-6H3/b24-18+,28-17?/t16-/m0/s1. The monoisotopic (exact) mass is 496 g/mol. The third-order valence-corrected chi connectivity index (χ3v) is 7.74. The highest BCUT2D eigenvalue weighted by Gasteiger charge is 2.55. The summed E-state index contributed by atoms with van der Waals surface area (Å²) in [7, 11) is 3.26. The number of aliphatic hydroxyl groups excluding tert-OH is 1. The van der Waals surface area contributed by atoms with Crippen molar-refractivity contribution in [1.29, 1.82) is 5.41 Å². The molecule has 194 valence electrons. The molecule has 0 aliphatic carbocycles. The lowest BCUT2D eigenvalue weighted by atomic mass is 9.81. The number of carbonyl (C=O) groups is 2. The number of aliphatic hydroxyl groups is 1. The van der Waals surface area contributed by atoms with E-state index in [-0.39, 0.29) is 34.9 Å². The lowest BCUT2D eigenvalue weighted by Crippen LogP contribution is -2.55. The van der Waals surface area contributed by atoms with E-state index >= 15 is 0 Å². The molecule has 2 saturated heterocycles. The zero-order valence-electron chi connectivity index (χ0n) is 22.0. The predicted octanol–water partition coefficient (Wildman–Crippen LogP) is 4.20. The molecule has 1 spiro atoms. The van der Waals surface area contributed by atoms with Crippen molar-refractivity contribution in [3.05, 3.63) is 46.4 Å². The fourth-order valence-corrected chi connectivity index (χ4v) is 6.09. The average Bonchev–Trinajstić information content (AvgIpc) is 2.94. The number of piperidine rings is 1. The Kier molecular flexibility index (Phi) is 6.77. The van der Waals surface area contributed by atoms with Crippen LogP contribution in [0.25, 0.3) is 0 Å². The van der Waals surface area contributed by atoms with Crippen molar-refractivity contribution < 1.29 is 24.2 Å². The first-order valence-electron chi connectivity index (χ1n) is 12.4. The number of carbonyl (C=O) groups excluding carboxylic acids is 2. The number of hydrogen-bond acceptors (Lipinski definition) is 6. The molecule has 36 heavy (non-hydrogen) atoms. The van der Waals surface area contributed by atoms with Gasteiger partial charge in [0.15, 0.2) is 0 Å². The fourth-order valence-electron chi connectivity index (χ4n) is 6.09. The van der Waals surface area contributed by atoms with Crippen LogP contribution in [-0.4, -0.2) is 76.8 Å². The summed E-state index contributed by atoms with van der Waals surface area (Å²) in [5, 5.41) is 17.9. The predicted molar refractivity (Wildman–Crippen MR) is 137 cm³/mol. The summed E-state index contributed by atoms with van der Waals surface area (Å²) in [6.07, 6.45) is 3.34. The van der Waals surface area contributed by atoms with Gasteiger partial charge in [0.1, 0.15) is 17.3 Å². The molecule has 0 aromatic heterocycles. The van der Waals surface area contributed by atoms with E-state index in [0.29, 0.717) is 44.8 Å². The average molecular weight is 497 g/mol. The molecule has 0 bridgehead atoms. The maximum absolute atomic E-state index is 13.7. The minimum absolute atomic E-state index is 0.00846. The molecule has 2 fully saturated rings. The molecule has 1 aromatic carbocycles. The molecule has 1 aromatic rings. The van der Waals surface area contributed by atoms with Crippen LogP contribution >= 0.6 is 0 Å². The molecule has 3 aliphatic rings. The van der Waals surface area contributed by atoms with Crippen molar-refractivity contribution in [2.45, 2.75) is 58.5 Å². The summed E-state index contributed by atoms with van der Waals surface area (Å²) in [5.41, 5.74) is 2.58. The van der Waals surface area contributed by atoms with Gasteiger partial charge >= 0.3 is 6.03 Å². The Morgan fingerprint density at radius 3 is 2.39 bits per heavy atom. The molecule has 0 saturated carbocycles. The Morgan fingerprint density at radius 1 is 1.19 bits per heavy atom. The first-order chi connectivity index (χ1) is 17.1. The largest absolute Gasteiger partial charge is 0.512 e. The third-order valence-electron chi connectivity index (χ3n) is 7.74. The van der Waals surface area contributed by atoms with Gasteiger partial charge in [-0.25, -0.2) is 4.79 Å². The van der Waals surface area contributed by atoms with Gasteiger partial charge in [0, 0.05) is 48.6 Å². The van der Waals surface area contributed by atoms with Crippen LogP contribution in [-0.2, 0) is 11.3 Å². The highest BCUT2D eigenvalue weighted by molar-refractivity contribution is 6.19. The zero-order valence-corrected chi connectivity index (χ0v) is 22.0. The molecule has 1 atom stereocenters. The van der Waals surface area contributed by atoms with Crippen LogP contribution in [0, 0.1) is 5.41 Å². The number of likely N-dealkylation sites (N-methyl/N-ethyl adjacent to an activating group) is 1. The summed E-state index contributed by atoms with van der Waals surface area (Å²) in [6, 6.07) is 3.82. The summed E-state index contributed by atoms with van der Waals surface area (Å²) in [4.78, 5) is 32.3. The number of fused-ring (bicyclic) bond motifs is 3. The van der Waals surface area contributed by atoms with E-state index in [2.05, 4.69) is 13.0 Å². The first kappa shape index (κ1) is 25.6. The number of hydrogen-bond donors (Lipinski definition) is 2. The molecular weight excluding hydrogens is 460 g/mol. The molecule has 3 heterocycles. The number of allylic oxidation sites excluding steroid dienone is 2. The van der Waals surface area contributed by atoms with Gasteiger partial charge in [0.25, 0.3) is 5.91 Å². The number of urea groups is 1. The van der Waals surface area contributed by atoms with Crippen LogP contribution in [0.2, 0.25) is 0 Å². The summed E-state index contributed by atoms with van der Waals surface area (Å²) < 4.78 is 11.2. The van der Waals surface area contributed by atoms with Crippen LogP contribution in [0.15, 0.2) is 35.2 Å². The number of ether oxygens (including phenoxy) is 2. The van der Waals surface area contributed by atoms with Crippen LogP contribution < -0.4 is 9.47 Å². The van der Waals surface area contributed by atoms with Gasteiger partial charge in [-0.15, -0.1) is 0 Å². The van der Waals surface area contributed by atoms with Crippen molar-refractivity contribution in [1.82, 2.24) is 14.7 Å². The first-order valence-corrected chi connectivity index (χ1v) is 12.4. The molecule has 2 N–H and O–H groups in total. The van der Waals surface area contributed by atoms with Gasteiger partial charge in [-0.2, -0.15) is 0 Å².